The molecule has 104 valence electrons. The summed E-state index contributed by atoms with van der Waals surface area (Å²) in [7, 11) is 0. The number of halogens is 4. The second kappa shape index (κ2) is 5.58. The van der Waals surface area contributed by atoms with Crippen LogP contribution in [0.15, 0.2) is 41.3 Å². The van der Waals surface area contributed by atoms with Gasteiger partial charge in [0.1, 0.15) is 10.3 Å². The summed E-state index contributed by atoms with van der Waals surface area (Å²) in [5.41, 5.74) is -0.597. The van der Waals surface area contributed by atoms with Crippen molar-refractivity contribution in [2.24, 2.45) is 0 Å². The number of carbonyl (C=O) groups is 1. The third-order valence-electron chi connectivity index (χ3n) is 2.31. The maximum atomic E-state index is 12.4. The van der Waals surface area contributed by atoms with E-state index in [2.05, 4.69) is 31.2 Å². The quantitative estimate of drug-likeness (QED) is 0.847. The Kier molecular flexibility index (Phi) is 4.03. The molecule has 1 amide bonds. The molecule has 0 unspecified atom stereocenters. The minimum atomic E-state index is -4.47. The molecule has 0 aliphatic heterocycles. The fourth-order valence-electron chi connectivity index (χ4n) is 1.34. The summed E-state index contributed by atoms with van der Waals surface area (Å²) in [4.78, 5) is 19.2. The predicted octanol–water partition coefficient (Wildman–Crippen LogP) is 3.51. The van der Waals surface area contributed by atoms with Gasteiger partial charge in [0.15, 0.2) is 0 Å². The van der Waals surface area contributed by atoms with Gasteiger partial charge in [0.05, 0.1) is 17.4 Å². The molecule has 0 radical (unpaired) electrons. The molecule has 4 nitrogen and oxygen atoms in total. The van der Waals surface area contributed by atoms with Crippen molar-refractivity contribution in [2.75, 3.05) is 5.32 Å². The van der Waals surface area contributed by atoms with Gasteiger partial charge in [-0.05, 0) is 40.2 Å². The van der Waals surface area contributed by atoms with Crippen LogP contribution in [0.4, 0.5) is 18.9 Å². The second-order valence-electron chi connectivity index (χ2n) is 3.75. The zero-order valence-corrected chi connectivity index (χ0v) is 11.4. The van der Waals surface area contributed by atoms with Crippen molar-refractivity contribution < 1.29 is 18.0 Å². The van der Waals surface area contributed by atoms with E-state index in [9.17, 15) is 18.0 Å². The topological polar surface area (TPSA) is 54.9 Å². The Bertz CT molecular complexity index is 611. The van der Waals surface area contributed by atoms with Gasteiger partial charge < -0.3 is 5.32 Å². The highest BCUT2D eigenvalue weighted by Gasteiger charge is 2.30. The lowest BCUT2D eigenvalue weighted by molar-refractivity contribution is -0.137. The van der Waals surface area contributed by atoms with E-state index in [1.165, 1.54) is 6.20 Å². The summed E-state index contributed by atoms with van der Waals surface area (Å²) in [6, 6.07) is 5.04. The highest BCUT2D eigenvalue weighted by Crippen LogP contribution is 2.28. The van der Waals surface area contributed by atoms with Gasteiger partial charge in [0, 0.05) is 6.20 Å². The lowest BCUT2D eigenvalue weighted by Crippen LogP contribution is -2.15. The molecule has 20 heavy (non-hydrogen) atoms. The second-order valence-corrected chi connectivity index (χ2v) is 4.57. The van der Waals surface area contributed by atoms with Gasteiger partial charge in [-0.2, -0.15) is 13.2 Å². The van der Waals surface area contributed by atoms with Crippen molar-refractivity contribution >= 4 is 27.5 Å². The van der Waals surface area contributed by atoms with Crippen LogP contribution in [0.25, 0.3) is 0 Å². The molecule has 0 spiro atoms. The maximum Gasteiger partial charge on any atom is 0.417 e. The molecule has 2 aromatic heterocycles. The van der Waals surface area contributed by atoms with Crippen molar-refractivity contribution in [2.45, 2.75) is 6.18 Å². The van der Waals surface area contributed by atoms with Gasteiger partial charge in [0.2, 0.25) is 0 Å². The number of rotatable bonds is 2. The molecule has 1 N–H and O–H groups in total. The first-order valence-corrected chi connectivity index (χ1v) is 6.12. The normalized spacial score (nSPS) is 11.2. The summed E-state index contributed by atoms with van der Waals surface area (Å²) in [6.45, 7) is 0. The molecule has 0 aromatic carbocycles. The number of pyridine rings is 2. The van der Waals surface area contributed by atoms with Crippen LogP contribution in [0.5, 0.6) is 0 Å². The van der Waals surface area contributed by atoms with Gasteiger partial charge in [-0.15, -0.1) is 0 Å². The zero-order chi connectivity index (χ0) is 14.8. The van der Waals surface area contributed by atoms with Crippen LogP contribution in [-0.4, -0.2) is 15.9 Å². The first-order valence-electron chi connectivity index (χ1n) is 5.32. The van der Waals surface area contributed by atoms with Gasteiger partial charge >= 0.3 is 6.18 Å². The van der Waals surface area contributed by atoms with E-state index in [1.54, 1.807) is 12.1 Å². The van der Waals surface area contributed by atoms with Crippen LogP contribution in [0.2, 0.25) is 0 Å². The van der Waals surface area contributed by atoms with E-state index in [0.717, 1.165) is 12.1 Å². The highest BCUT2D eigenvalue weighted by atomic mass is 79.9. The fraction of sp³-hybridized carbons (Fsp3) is 0.0833. The monoisotopic (exact) mass is 345 g/mol. The largest absolute Gasteiger partial charge is 0.417 e. The molecule has 0 aliphatic carbocycles. The molecular formula is C12H7BrF3N3O. The van der Waals surface area contributed by atoms with E-state index in [0.29, 0.717) is 16.5 Å². The Morgan fingerprint density at radius 1 is 1.10 bits per heavy atom. The Balaban J connectivity index is 2.11. The van der Waals surface area contributed by atoms with Gasteiger partial charge in [-0.3, -0.25) is 9.78 Å². The van der Waals surface area contributed by atoms with Crippen LogP contribution in [0.1, 0.15) is 16.1 Å². The van der Waals surface area contributed by atoms with Crippen molar-refractivity contribution in [3.8, 4) is 0 Å². The van der Waals surface area contributed by atoms with E-state index in [4.69, 9.17) is 0 Å². The third-order valence-corrected chi connectivity index (χ3v) is 2.78. The van der Waals surface area contributed by atoms with Crippen molar-refractivity contribution in [3.63, 3.8) is 0 Å². The van der Waals surface area contributed by atoms with Crippen molar-refractivity contribution in [1.29, 1.82) is 0 Å². The number of nitrogens with zero attached hydrogens (tertiary/aromatic N) is 2. The van der Waals surface area contributed by atoms with Gasteiger partial charge in [-0.25, -0.2) is 4.98 Å². The molecule has 2 heterocycles. The van der Waals surface area contributed by atoms with Crippen molar-refractivity contribution in [3.05, 3.63) is 52.5 Å². The number of carbonyl (C=O) groups excluding carboxylic acids is 1. The Morgan fingerprint density at radius 3 is 2.35 bits per heavy atom. The van der Waals surface area contributed by atoms with Crippen molar-refractivity contribution in [1.82, 2.24) is 9.97 Å². The smallest absolute Gasteiger partial charge is 0.319 e. The van der Waals surface area contributed by atoms with Crippen LogP contribution in [0, 0.1) is 0 Å². The van der Waals surface area contributed by atoms with Crippen LogP contribution in [0.3, 0.4) is 0 Å². The number of hydrogen-bond acceptors (Lipinski definition) is 3. The fourth-order valence-corrected chi connectivity index (χ4v) is 1.58. The first-order chi connectivity index (χ1) is 9.36. The summed E-state index contributed by atoms with van der Waals surface area (Å²) in [6.07, 6.45) is -2.45. The van der Waals surface area contributed by atoms with Crippen LogP contribution < -0.4 is 5.32 Å². The summed E-state index contributed by atoms with van der Waals surface area (Å²) >= 11 is 3.14. The molecule has 0 saturated carbocycles. The minimum Gasteiger partial charge on any atom is -0.319 e. The first kappa shape index (κ1) is 14.4. The molecule has 2 rings (SSSR count). The number of alkyl halides is 3. The molecule has 0 saturated heterocycles. The standard InChI is InChI=1S/C12H7BrF3N3O/c13-10-4-2-8(6-18-10)19-11(20)9-3-1-7(5-17-9)12(14,15)16/h1-6H,(H,19,20). The predicted molar refractivity (Wildman–Crippen MR) is 69.1 cm³/mol. The summed E-state index contributed by atoms with van der Waals surface area (Å²) < 4.78 is 37.7. The molecule has 8 heteroatoms. The van der Waals surface area contributed by atoms with Crippen LogP contribution >= 0.6 is 15.9 Å². The Morgan fingerprint density at radius 2 is 1.85 bits per heavy atom. The summed E-state index contributed by atoms with van der Waals surface area (Å²) in [5, 5.41) is 2.48. The lowest BCUT2D eigenvalue weighted by Gasteiger charge is -2.07. The summed E-state index contributed by atoms with van der Waals surface area (Å²) in [5.74, 6) is -0.608. The number of amides is 1. The zero-order valence-electron chi connectivity index (χ0n) is 9.78. The average Bonchev–Trinajstić information content (AvgIpc) is 2.40. The van der Waals surface area contributed by atoms with Crippen LogP contribution in [-0.2, 0) is 6.18 Å². The van der Waals surface area contributed by atoms with E-state index in [1.807, 2.05) is 0 Å². The number of anilines is 1. The van der Waals surface area contributed by atoms with E-state index < -0.39 is 17.6 Å². The SMILES string of the molecule is O=C(Nc1ccc(Br)nc1)c1ccc(C(F)(F)F)cn1. The Hall–Kier alpha value is -1.96. The maximum absolute atomic E-state index is 12.4. The third kappa shape index (κ3) is 3.53. The number of aromatic nitrogens is 2. The minimum absolute atomic E-state index is 0.110. The molecular weight excluding hydrogens is 339 g/mol. The molecule has 0 fully saturated rings. The molecule has 2 aromatic rings. The number of hydrogen-bond donors (Lipinski definition) is 1. The van der Waals surface area contributed by atoms with Gasteiger partial charge in [-0.1, -0.05) is 0 Å². The van der Waals surface area contributed by atoms with Gasteiger partial charge in [0.25, 0.3) is 5.91 Å². The Labute approximate surface area is 120 Å². The number of nitrogens with one attached hydrogen (secondary N) is 1. The molecule has 0 aliphatic rings. The average molecular weight is 346 g/mol. The molecule has 0 atom stereocenters. The molecule has 0 bridgehead atoms. The highest BCUT2D eigenvalue weighted by molar-refractivity contribution is 9.10. The van der Waals surface area contributed by atoms with E-state index >= 15 is 0 Å². The lowest BCUT2D eigenvalue weighted by atomic mass is 10.2. The van der Waals surface area contributed by atoms with E-state index in [-0.39, 0.29) is 5.69 Å².